The average Bonchev–Trinajstić information content (AvgIpc) is 2.35. The number of rotatable bonds is 3. The van der Waals surface area contributed by atoms with E-state index in [1.165, 1.54) is 43.2 Å². The van der Waals surface area contributed by atoms with E-state index in [0.717, 1.165) is 11.7 Å². The maximum Gasteiger partial charge on any atom is 0.122 e. The lowest BCUT2D eigenvalue weighted by atomic mass is 9.86. The lowest BCUT2D eigenvalue weighted by molar-refractivity contribution is 0.129. The van der Waals surface area contributed by atoms with Crippen molar-refractivity contribution >= 4 is 0 Å². The predicted octanol–water partition coefficient (Wildman–Crippen LogP) is 4.65. The fraction of sp³-hybridized carbons (Fsp3) is 0.625. The molecule has 0 amide bonds. The lowest BCUT2D eigenvalue weighted by Crippen LogP contribution is -2.24. The molecule has 1 aliphatic carbocycles. The summed E-state index contributed by atoms with van der Waals surface area (Å²) in [5, 5.41) is 0. The molecule has 1 nitrogen and oxygen atoms in total. The Hall–Kier alpha value is -0.980. The van der Waals surface area contributed by atoms with E-state index < -0.39 is 0 Å². The van der Waals surface area contributed by atoms with Gasteiger partial charge >= 0.3 is 0 Å². The average molecular weight is 232 g/mol. The van der Waals surface area contributed by atoms with Crippen LogP contribution in [0.2, 0.25) is 0 Å². The molecule has 17 heavy (non-hydrogen) atoms. The minimum absolute atomic E-state index is 0.443. The highest BCUT2D eigenvalue weighted by Gasteiger charge is 2.21. The molecule has 94 valence electrons. The van der Waals surface area contributed by atoms with Crippen molar-refractivity contribution < 1.29 is 4.74 Å². The van der Waals surface area contributed by atoms with E-state index in [9.17, 15) is 0 Å². The first-order chi connectivity index (χ1) is 8.19. The monoisotopic (exact) mass is 232 g/mol. The van der Waals surface area contributed by atoms with E-state index in [4.69, 9.17) is 4.74 Å². The smallest absolute Gasteiger partial charge is 0.122 e. The highest BCUT2D eigenvalue weighted by atomic mass is 16.5. The Balaban J connectivity index is 1.95. The van der Waals surface area contributed by atoms with Crippen LogP contribution in [0.1, 0.15) is 50.2 Å². The summed E-state index contributed by atoms with van der Waals surface area (Å²) in [6, 6.07) is 6.47. The van der Waals surface area contributed by atoms with Gasteiger partial charge in [0.2, 0.25) is 0 Å². The van der Waals surface area contributed by atoms with Crippen LogP contribution in [0.25, 0.3) is 0 Å². The summed E-state index contributed by atoms with van der Waals surface area (Å²) in [6.45, 7) is 6.56. The van der Waals surface area contributed by atoms with Gasteiger partial charge in [0.1, 0.15) is 5.75 Å². The van der Waals surface area contributed by atoms with Crippen LogP contribution in [0.15, 0.2) is 18.2 Å². The van der Waals surface area contributed by atoms with Gasteiger partial charge in [0.25, 0.3) is 0 Å². The van der Waals surface area contributed by atoms with Crippen molar-refractivity contribution in [1.29, 1.82) is 0 Å². The molecule has 0 aromatic heterocycles. The van der Waals surface area contributed by atoms with Gasteiger partial charge < -0.3 is 4.74 Å². The molecule has 1 aromatic carbocycles. The topological polar surface area (TPSA) is 9.23 Å². The van der Waals surface area contributed by atoms with E-state index in [-0.39, 0.29) is 0 Å². The normalized spacial score (nSPS) is 24.6. The molecule has 1 heteroatoms. The minimum atomic E-state index is 0.443. The van der Waals surface area contributed by atoms with Gasteiger partial charge in [-0.1, -0.05) is 25.5 Å². The van der Waals surface area contributed by atoms with Crippen molar-refractivity contribution in [3.05, 3.63) is 29.3 Å². The van der Waals surface area contributed by atoms with Crippen molar-refractivity contribution in [1.82, 2.24) is 0 Å². The molecular formula is C16H24O. The molecule has 1 saturated carbocycles. The summed E-state index contributed by atoms with van der Waals surface area (Å²) in [5.41, 5.74) is 2.54. The van der Waals surface area contributed by atoms with Gasteiger partial charge in [-0.3, -0.25) is 0 Å². The molecular weight excluding hydrogens is 208 g/mol. The first kappa shape index (κ1) is 12.5. The summed E-state index contributed by atoms with van der Waals surface area (Å²) in [4.78, 5) is 0. The van der Waals surface area contributed by atoms with E-state index >= 15 is 0 Å². The molecule has 0 bridgehead atoms. The molecule has 0 heterocycles. The number of hydrogen-bond donors (Lipinski definition) is 0. The molecule has 0 unspecified atom stereocenters. The molecule has 2 rings (SSSR count). The van der Waals surface area contributed by atoms with Crippen LogP contribution < -0.4 is 4.74 Å². The van der Waals surface area contributed by atoms with Crippen LogP contribution in [0, 0.1) is 19.8 Å². The fourth-order valence-electron chi connectivity index (χ4n) is 2.67. The molecule has 0 aliphatic heterocycles. The second-order valence-corrected chi connectivity index (χ2v) is 5.44. The molecule has 0 radical (unpaired) electrons. The van der Waals surface area contributed by atoms with Crippen LogP contribution in [-0.2, 0) is 0 Å². The van der Waals surface area contributed by atoms with Gasteiger partial charge in [-0.2, -0.15) is 0 Å². The highest BCUT2D eigenvalue weighted by molar-refractivity contribution is 5.36. The quantitative estimate of drug-likeness (QED) is 0.737. The lowest BCUT2D eigenvalue weighted by Gasteiger charge is -2.28. The molecule has 0 N–H and O–H groups in total. The third-order valence-electron chi connectivity index (χ3n) is 4.01. The van der Waals surface area contributed by atoms with Gasteiger partial charge in [0, 0.05) is 0 Å². The van der Waals surface area contributed by atoms with Gasteiger partial charge in [0.15, 0.2) is 0 Å². The largest absolute Gasteiger partial charge is 0.490 e. The molecule has 0 spiro atoms. The van der Waals surface area contributed by atoms with E-state index in [1.807, 2.05) is 0 Å². The van der Waals surface area contributed by atoms with Crippen LogP contribution in [0.5, 0.6) is 5.75 Å². The van der Waals surface area contributed by atoms with E-state index in [1.54, 1.807) is 0 Å². The molecule has 1 aliphatic rings. The SMILES string of the molecule is CCC1CCC(Oc2cc(C)ccc2C)CC1. The first-order valence-electron chi connectivity index (χ1n) is 6.93. The summed E-state index contributed by atoms with van der Waals surface area (Å²) in [7, 11) is 0. The predicted molar refractivity (Wildman–Crippen MR) is 72.6 cm³/mol. The summed E-state index contributed by atoms with van der Waals surface area (Å²) in [5.74, 6) is 2.03. The number of benzene rings is 1. The second kappa shape index (κ2) is 5.57. The fourth-order valence-corrected chi connectivity index (χ4v) is 2.67. The van der Waals surface area contributed by atoms with Crippen molar-refractivity contribution in [2.75, 3.05) is 0 Å². The van der Waals surface area contributed by atoms with E-state index in [0.29, 0.717) is 6.10 Å². The third kappa shape index (κ3) is 3.24. The Morgan fingerprint density at radius 3 is 2.47 bits per heavy atom. The number of ether oxygens (including phenoxy) is 1. The second-order valence-electron chi connectivity index (χ2n) is 5.44. The van der Waals surface area contributed by atoms with Gasteiger partial charge in [-0.15, -0.1) is 0 Å². The standard InChI is InChI=1S/C16H24O/c1-4-14-7-9-15(10-8-14)17-16-11-12(2)5-6-13(16)3/h5-6,11,14-15H,4,7-10H2,1-3H3. The zero-order valence-corrected chi connectivity index (χ0v) is 11.3. The first-order valence-corrected chi connectivity index (χ1v) is 6.93. The van der Waals surface area contributed by atoms with Gasteiger partial charge in [0.05, 0.1) is 6.10 Å². The molecule has 0 saturated heterocycles. The van der Waals surface area contributed by atoms with Gasteiger partial charge in [-0.25, -0.2) is 0 Å². The summed E-state index contributed by atoms with van der Waals surface area (Å²) >= 11 is 0. The van der Waals surface area contributed by atoms with Crippen LogP contribution in [0.3, 0.4) is 0 Å². The number of aryl methyl sites for hydroxylation is 2. The molecule has 1 fully saturated rings. The van der Waals surface area contributed by atoms with Crippen LogP contribution in [-0.4, -0.2) is 6.10 Å². The Bertz CT molecular complexity index is 362. The Morgan fingerprint density at radius 1 is 1.12 bits per heavy atom. The maximum atomic E-state index is 6.16. The highest BCUT2D eigenvalue weighted by Crippen LogP contribution is 2.30. The molecule has 1 aromatic rings. The minimum Gasteiger partial charge on any atom is -0.490 e. The van der Waals surface area contributed by atoms with Crippen LogP contribution in [0.4, 0.5) is 0 Å². The van der Waals surface area contributed by atoms with Crippen molar-refractivity contribution in [2.24, 2.45) is 5.92 Å². The van der Waals surface area contributed by atoms with Crippen molar-refractivity contribution in [2.45, 2.75) is 59.0 Å². The van der Waals surface area contributed by atoms with Crippen molar-refractivity contribution in [3.63, 3.8) is 0 Å². The third-order valence-corrected chi connectivity index (χ3v) is 4.01. The van der Waals surface area contributed by atoms with Crippen molar-refractivity contribution in [3.8, 4) is 5.75 Å². The Kier molecular flexibility index (Phi) is 4.09. The number of hydrogen-bond acceptors (Lipinski definition) is 1. The maximum absolute atomic E-state index is 6.16. The zero-order valence-electron chi connectivity index (χ0n) is 11.3. The van der Waals surface area contributed by atoms with Gasteiger partial charge in [-0.05, 0) is 62.6 Å². The Labute approximate surface area is 105 Å². The van der Waals surface area contributed by atoms with E-state index in [2.05, 4.69) is 39.0 Å². The van der Waals surface area contributed by atoms with Crippen LogP contribution >= 0.6 is 0 Å². The zero-order chi connectivity index (χ0) is 12.3. The summed E-state index contributed by atoms with van der Waals surface area (Å²) in [6.07, 6.45) is 6.91. The summed E-state index contributed by atoms with van der Waals surface area (Å²) < 4.78 is 6.16. The molecule has 0 atom stereocenters. The Morgan fingerprint density at radius 2 is 1.82 bits per heavy atom.